The molecule has 4 bridgehead atoms. The number of hydrogen-bond acceptors (Lipinski definition) is 13. The highest BCUT2D eigenvalue weighted by atomic mass is 33.7. The third-order valence-electron chi connectivity index (χ3n) is 11.2. The molecule has 3 aromatic rings. The molecule has 12 nitrogen and oxygen atoms in total. The van der Waals surface area contributed by atoms with Crippen LogP contribution < -0.4 is 5.32 Å². The van der Waals surface area contributed by atoms with Gasteiger partial charge in [-0.15, -0.1) is 0 Å². The Morgan fingerprint density at radius 3 is 2.12 bits per heavy atom. The Kier molecular flexibility index (Phi) is 7.06. The third kappa shape index (κ3) is 3.64. The maximum Gasteiger partial charge on any atom is 0.265 e. The van der Waals surface area contributed by atoms with Crippen LogP contribution in [0.3, 0.4) is 0 Å². The molecule has 6 unspecified atom stereocenters. The van der Waals surface area contributed by atoms with Crippen molar-refractivity contribution in [3.8, 4) is 0 Å². The van der Waals surface area contributed by atoms with Crippen LogP contribution in [0.1, 0.15) is 17.5 Å². The molecule has 11 rings (SSSR count). The fourth-order valence-corrected chi connectivity index (χ4v) is 19.8. The minimum absolute atomic E-state index is 0.180. The zero-order valence-electron chi connectivity index (χ0n) is 26.3. The van der Waals surface area contributed by atoms with E-state index in [1.54, 1.807) is 26.0 Å². The highest BCUT2D eigenvalue weighted by molar-refractivity contribution is 9.26. The lowest BCUT2D eigenvalue weighted by molar-refractivity contribution is -0.166. The normalized spacial score (nSPS) is 36.3. The van der Waals surface area contributed by atoms with E-state index in [0.29, 0.717) is 0 Å². The Morgan fingerprint density at radius 2 is 1.37 bits per heavy atom. The summed E-state index contributed by atoms with van der Waals surface area (Å²) in [4.78, 5) is 57.8. The molecule has 2 aromatic carbocycles. The van der Waals surface area contributed by atoms with Gasteiger partial charge in [-0.1, -0.05) is 47.2 Å². The lowest BCUT2D eigenvalue weighted by Gasteiger charge is -2.57. The zero-order chi connectivity index (χ0) is 34.3. The Morgan fingerprint density at radius 1 is 0.755 bits per heavy atom. The molecule has 49 heavy (non-hydrogen) atoms. The van der Waals surface area contributed by atoms with Crippen molar-refractivity contribution >= 4 is 103 Å². The van der Waals surface area contributed by atoms with E-state index < -0.39 is 44.4 Å². The van der Waals surface area contributed by atoms with E-state index in [1.807, 2.05) is 54.7 Å². The molecule has 8 aliphatic heterocycles. The first kappa shape index (κ1) is 32.6. The number of nitrogens with one attached hydrogen (secondary N) is 1. The number of fused-ring (bicyclic) bond motifs is 11. The SMILES string of the molecule is CN1C(=O)C2(Cc3cn(C45CC67SSC(CO)(C(=O)N6C4Nc4ccccc45)N(C)C7=O)c4ccccc34)SSSSC1(CO)C(=O)N2C. The average Bonchev–Trinajstić information content (AvgIpc) is 3.74. The second-order valence-electron chi connectivity index (χ2n) is 13.1. The number of aromatic nitrogens is 1. The summed E-state index contributed by atoms with van der Waals surface area (Å²) in [7, 11) is 12.7. The molecule has 0 saturated carbocycles. The molecule has 7 saturated heterocycles. The van der Waals surface area contributed by atoms with Crippen LogP contribution in [0.4, 0.5) is 5.69 Å². The number of carbonyl (C=O) groups is 4. The number of benzene rings is 2. The maximum atomic E-state index is 14.5. The van der Waals surface area contributed by atoms with Crippen molar-refractivity contribution in [3.63, 3.8) is 0 Å². The molecule has 1 aromatic heterocycles. The molecule has 9 heterocycles. The summed E-state index contributed by atoms with van der Waals surface area (Å²) < 4.78 is 2.16. The topological polar surface area (TPSA) is 139 Å². The lowest BCUT2D eigenvalue weighted by atomic mass is 9.86. The number of likely N-dealkylation sites (N-methyl/N-ethyl adjacent to an activating group) is 3. The smallest absolute Gasteiger partial charge is 0.265 e. The monoisotopic (exact) mass is 774 g/mol. The van der Waals surface area contributed by atoms with Crippen molar-refractivity contribution in [2.45, 2.75) is 44.0 Å². The number of hydrogen-bond donors (Lipinski definition) is 3. The molecule has 1 spiro atoms. The van der Waals surface area contributed by atoms with Crippen LogP contribution in [0.15, 0.2) is 54.7 Å². The third-order valence-corrected chi connectivity index (χ3v) is 22.2. The van der Waals surface area contributed by atoms with Crippen molar-refractivity contribution in [2.75, 3.05) is 39.7 Å². The van der Waals surface area contributed by atoms with Gasteiger partial charge in [0, 0.05) is 62.3 Å². The molecule has 4 amide bonds. The van der Waals surface area contributed by atoms with E-state index in [4.69, 9.17) is 0 Å². The maximum absolute atomic E-state index is 14.5. The first-order valence-corrected chi connectivity index (χ1v) is 22.4. The van der Waals surface area contributed by atoms with Gasteiger partial charge in [-0.3, -0.25) is 24.1 Å². The Balaban J connectivity index is 1.25. The van der Waals surface area contributed by atoms with Gasteiger partial charge in [-0.25, -0.2) is 0 Å². The number of nitrogens with zero attached hydrogens (tertiary/aromatic N) is 5. The predicted molar refractivity (Wildman–Crippen MR) is 197 cm³/mol. The lowest BCUT2D eigenvalue weighted by Crippen LogP contribution is -2.77. The first-order chi connectivity index (χ1) is 23.5. The molecular weight excluding hydrogens is 745 g/mol. The number of carbonyl (C=O) groups excluding carboxylic acids is 4. The number of piperazine rings is 2. The van der Waals surface area contributed by atoms with Crippen molar-refractivity contribution in [2.24, 2.45) is 0 Å². The highest BCUT2D eigenvalue weighted by Gasteiger charge is 2.78. The van der Waals surface area contributed by atoms with E-state index in [0.717, 1.165) is 27.7 Å². The van der Waals surface area contributed by atoms with Crippen LogP contribution >= 0.6 is 62.8 Å². The molecule has 6 atom stereocenters. The average molecular weight is 775 g/mol. The summed E-state index contributed by atoms with van der Waals surface area (Å²) in [6.45, 7) is -1.02. The van der Waals surface area contributed by atoms with Gasteiger partial charge in [-0.05, 0) is 69.7 Å². The molecule has 18 heteroatoms. The van der Waals surface area contributed by atoms with Gasteiger partial charge in [0.25, 0.3) is 23.6 Å². The van der Waals surface area contributed by atoms with Crippen LogP contribution in [0.5, 0.6) is 0 Å². The summed E-state index contributed by atoms with van der Waals surface area (Å²) in [5.41, 5.74) is 2.52. The van der Waals surface area contributed by atoms with E-state index in [1.165, 1.54) is 77.5 Å². The number of anilines is 1. The Hall–Kier alpha value is -2.32. The van der Waals surface area contributed by atoms with E-state index in [2.05, 4.69) is 9.88 Å². The van der Waals surface area contributed by atoms with Crippen LogP contribution in [-0.4, -0.2) is 118 Å². The van der Waals surface area contributed by atoms with Gasteiger partial charge in [0.05, 0.1) is 13.2 Å². The molecule has 3 N–H and O–H groups in total. The van der Waals surface area contributed by atoms with Crippen molar-refractivity contribution in [3.05, 3.63) is 65.9 Å². The van der Waals surface area contributed by atoms with Gasteiger partial charge >= 0.3 is 0 Å². The summed E-state index contributed by atoms with van der Waals surface area (Å²) in [6, 6.07) is 15.8. The summed E-state index contributed by atoms with van der Waals surface area (Å²) in [5.74, 6) is -1.15. The fraction of sp³-hybridized carbons (Fsp3) is 0.419. The largest absolute Gasteiger partial charge is 0.392 e. The van der Waals surface area contributed by atoms with Gasteiger partial charge < -0.3 is 34.8 Å². The van der Waals surface area contributed by atoms with Gasteiger partial charge in [0.15, 0.2) is 9.74 Å². The second-order valence-corrected chi connectivity index (χ2v) is 22.0. The number of aliphatic hydroxyl groups excluding tert-OH is 2. The Bertz CT molecular complexity index is 2020. The van der Waals surface area contributed by atoms with Crippen LogP contribution in [0.2, 0.25) is 0 Å². The molecular formula is C31H30N6O6S6. The molecule has 8 aliphatic rings. The standard InChI is InChI=1S/C31H30N6O6S6/c1-33-25(42)30(15-38)34(2)23(40)28(33,46-48-49-47-30)12-17-13-36(21-11-7-4-8-18(17)21)27-14-29-24(41)35(3)31(16-39,45-44-29)26(43)37(29)22(27)32-20-10-6-5-9-19(20)27/h4-11,13,22,32,38-39H,12,14-16H2,1-3H3. The highest BCUT2D eigenvalue weighted by Crippen LogP contribution is 2.69. The quantitative estimate of drug-likeness (QED) is 0.328. The van der Waals surface area contributed by atoms with Gasteiger partial charge in [0.2, 0.25) is 9.74 Å². The van der Waals surface area contributed by atoms with Crippen molar-refractivity contribution < 1.29 is 29.4 Å². The number of amides is 4. The first-order valence-electron chi connectivity index (χ1n) is 15.4. The van der Waals surface area contributed by atoms with Crippen LogP contribution in [-0.2, 0) is 31.1 Å². The number of rotatable bonds is 5. The summed E-state index contributed by atoms with van der Waals surface area (Å²) in [6.07, 6.45) is 1.82. The molecule has 7 fully saturated rings. The van der Waals surface area contributed by atoms with Crippen LogP contribution in [0, 0.1) is 0 Å². The molecule has 0 radical (unpaired) electrons. The number of aliphatic hydroxyl groups is 2. The van der Waals surface area contributed by atoms with Crippen LogP contribution in [0.25, 0.3) is 10.9 Å². The van der Waals surface area contributed by atoms with Crippen molar-refractivity contribution in [1.29, 1.82) is 0 Å². The summed E-state index contributed by atoms with van der Waals surface area (Å²) in [5, 5.41) is 25.5. The second kappa shape index (κ2) is 10.6. The van der Waals surface area contributed by atoms with E-state index in [-0.39, 0.29) is 36.5 Å². The Labute approximate surface area is 304 Å². The fourth-order valence-electron chi connectivity index (χ4n) is 8.49. The molecule has 0 aliphatic carbocycles. The minimum Gasteiger partial charge on any atom is -0.392 e. The van der Waals surface area contributed by atoms with E-state index >= 15 is 0 Å². The number of para-hydroxylation sites is 2. The predicted octanol–water partition coefficient (Wildman–Crippen LogP) is 3.17. The van der Waals surface area contributed by atoms with Gasteiger partial charge in [-0.2, -0.15) is 0 Å². The van der Waals surface area contributed by atoms with Crippen molar-refractivity contribution in [1.82, 2.24) is 24.2 Å². The van der Waals surface area contributed by atoms with Gasteiger partial charge in [0.1, 0.15) is 11.7 Å². The molecule has 256 valence electrons. The summed E-state index contributed by atoms with van der Waals surface area (Å²) >= 11 is 0. The zero-order valence-corrected chi connectivity index (χ0v) is 31.2. The minimum atomic E-state index is -1.43. The van der Waals surface area contributed by atoms with E-state index in [9.17, 15) is 29.4 Å².